The Morgan fingerprint density at radius 2 is 2.06 bits per heavy atom. The van der Waals surface area contributed by atoms with Gasteiger partial charge in [0.2, 0.25) is 0 Å². The van der Waals surface area contributed by atoms with Crippen LogP contribution in [0.2, 0.25) is 0 Å². The monoisotopic (exact) mass is 255 g/mol. The maximum atomic E-state index is 12.4. The van der Waals surface area contributed by atoms with Crippen molar-refractivity contribution in [2.24, 2.45) is 0 Å². The highest BCUT2D eigenvalue weighted by molar-refractivity contribution is 7.15. The number of aromatic nitrogens is 1. The van der Waals surface area contributed by atoms with Gasteiger partial charge in [0.05, 0.1) is 10.4 Å². The van der Waals surface area contributed by atoms with Gasteiger partial charge in [-0.05, 0) is 6.07 Å². The Balaban J connectivity index is 2.49. The molecule has 0 radical (unpaired) electrons. The van der Waals surface area contributed by atoms with E-state index in [1.54, 1.807) is 18.2 Å². The summed E-state index contributed by atoms with van der Waals surface area (Å²) in [5.41, 5.74) is 0.416. The number of hydrogen-bond donors (Lipinski definition) is 1. The second-order valence-electron chi connectivity index (χ2n) is 3.22. The number of alkyl halides is 2. The van der Waals surface area contributed by atoms with E-state index < -0.39 is 12.4 Å². The molecular formula is C11H7F2NO2S. The molecule has 88 valence electrons. The van der Waals surface area contributed by atoms with Gasteiger partial charge in [0.15, 0.2) is 0 Å². The molecule has 0 bridgehead atoms. The summed E-state index contributed by atoms with van der Waals surface area (Å²) >= 11 is 0.801. The molecule has 0 spiro atoms. The van der Waals surface area contributed by atoms with E-state index in [2.05, 4.69) is 4.98 Å². The summed E-state index contributed by atoms with van der Waals surface area (Å²) in [6, 6.07) is 6.19. The Hall–Kier alpha value is -1.82. The molecule has 0 saturated heterocycles. The van der Waals surface area contributed by atoms with E-state index in [-0.39, 0.29) is 10.4 Å². The highest BCUT2D eigenvalue weighted by atomic mass is 32.1. The van der Waals surface area contributed by atoms with E-state index in [0.717, 1.165) is 17.5 Å². The van der Waals surface area contributed by atoms with Crippen molar-refractivity contribution in [3.8, 4) is 10.6 Å². The van der Waals surface area contributed by atoms with Crippen LogP contribution in [0.25, 0.3) is 10.6 Å². The zero-order valence-electron chi connectivity index (χ0n) is 8.43. The first-order valence-electron chi connectivity index (χ1n) is 4.66. The largest absolute Gasteiger partial charge is 0.478 e. The number of benzene rings is 1. The van der Waals surface area contributed by atoms with Crippen LogP contribution in [0.1, 0.15) is 21.7 Å². The van der Waals surface area contributed by atoms with Crippen LogP contribution in [0.4, 0.5) is 8.78 Å². The van der Waals surface area contributed by atoms with Gasteiger partial charge in [-0.25, -0.2) is 18.6 Å². The fourth-order valence-corrected chi connectivity index (χ4v) is 2.18. The second kappa shape index (κ2) is 4.58. The van der Waals surface area contributed by atoms with Crippen LogP contribution in [-0.2, 0) is 0 Å². The lowest BCUT2D eigenvalue weighted by molar-refractivity contribution is 0.0697. The lowest BCUT2D eigenvalue weighted by atomic mass is 10.1. The molecule has 1 aromatic carbocycles. The number of thiazole rings is 1. The van der Waals surface area contributed by atoms with E-state index in [1.807, 2.05) is 0 Å². The minimum absolute atomic E-state index is 0.0580. The van der Waals surface area contributed by atoms with Gasteiger partial charge < -0.3 is 5.11 Å². The molecule has 6 heteroatoms. The molecule has 17 heavy (non-hydrogen) atoms. The molecule has 3 nitrogen and oxygen atoms in total. The van der Waals surface area contributed by atoms with Crippen LogP contribution in [0.5, 0.6) is 0 Å². The highest BCUT2D eigenvalue weighted by Gasteiger charge is 2.16. The lowest BCUT2D eigenvalue weighted by Gasteiger charge is -2.01. The summed E-state index contributed by atoms with van der Waals surface area (Å²) in [7, 11) is 0. The Morgan fingerprint density at radius 3 is 2.65 bits per heavy atom. The van der Waals surface area contributed by atoms with E-state index in [1.165, 1.54) is 6.07 Å². The van der Waals surface area contributed by atoms with Gasteiger partial charge in [-0.15, -0.1) is 11.3 Å². The van der Waals surface area contributed by atoms with Crippen LogP contribution in [0, 0.1) is 0 Å². The first kappa shape index (κ1) is 11.7. The summed E-state index contributed by atoms with van der Waals surface area (Å²) in [6.07, 6.45) is -1.51. The van der Waals surface area contributed by atoms with E-state index in [9.17, 15) is 13.6 Å². The van der Waals surface area contributed by atoms with E-state index in [0.29, 0.717) is 10.6 Å². The van der Waals surface area contributed by atoms with Gasteiger partial charge in [-0.2, -0.15) is 0 Å². The summed E-state index contributed by atoms with van der Waals surface area (Å²) in [4.78, 5) is 14.6. The number of aromatic carboxylic acids is 1. The number of nitrogens with zero attached hydrogens (tertiary/aromatic N) is 1. The summed E-state index contributed by atoms with van der Waals surface area (Å²) in [5.74, 6) is -1.10. The molecule has 0 unspecified atom stereocenters. The predicted octanol–water partition coefficient (Wildman–Crippen LogP) is 3.45. The van der Waals surface area contributed by atoms with Crippen LogP contribution in [0.15, 0.2) is 30.5 Å². The third kappa shape index (κ3) is 2.31. The fourth-order valence-electron chi connectivity index (χ4n) is 1.37. The van der Waals surface area contributed by atoms with Gasteiger partial charge in [-0.1, -0.05) is 18.2 Å². The molecule has 0 saturated carbocycles. The standard InChI is InChI=1S/C11H7F2NO2S/c12-9(13)8-5-14-10(17-8)6-3-1-2-4-7(6)11(15)16/h1-5,9H,(H,15,16). The van der Waals surface area contributed by atoms with Crippen molar-refractivity contribution in [2.75, 3.05) is 0 Å². The van der Waals surface area contributed by atoms with Gasteiger partial charge in [0.1, 0.15) is 5.01 Å². The Bertz CT molecular complexity index is 554. The van der Waals surface area contributed by atoms with Crippen LogP contribution < -0.4 is 0 Å². The third-order valence-corrected chi connectivity index (χ3v) is 3.16. The van der Waals surface area contributed by atoms with E-state index >= 15 is 0 Å². The third-order valence-electron chi connectivity index (χ3n) is 2.13. The lowest BCUT2D eigenvalue weighted by Crippen LogP contribution is -1.98. The smallest absolute Gasteiger partial charge is 0.336 e. The van der Waals surface area contributed by atoms with Gasteiger partial charge in [0.25, 0.3) is 6.43 Å². The normalized spacial score (nSPS) is 10.8. The molecule has 0 amide bonds. The minimum Gasteiger partial charge on any atom is -0.478 e. The van der Waals surface area contributed by atoms with Crippen LogP contribution in [-0.4, -0.2) is 16.1 Å². The van der Waals surface area contributed by atoms with Crippen molar-refractivity contribution in [1.82, 2.24) is 4.98 Å². The molecule has 2 rings (SSSR count). The van der Waals surface area contributed by atoms with Crippen molar-refractivity contribution in [3.63, 3.8) is 0 Å². The van der Waals surface area contributed by atoms with Gasteiger partial charge >= 0.3 is 5.97 Å². The fraction of sp³-hybridized carbons (Fsp3) is 0.0909. The van der Waals surface area contributed by atoms with Crippen molar-refractivity contribution in [3.05, 3.63) is 40.9 Å². The Labute approximate surface area is 99.4 Å². The highest BCUT2D eigenvalue weighted by Crippen LogP contribution is 2.32. The second-order valence-corrected chi connectivity index (χ2v) is 4.28. The molecule has 0 atom stereocenters. The molecule has 0 fully saturated rings. The van der Waals surface area contributed by atoms with Crippen molar-refractivity contribution in [1.29, 1.82) is 0 Å². The zero-order valence-corrected chi connectivity index (χ0v) is 9.25. The molecule has 2 aromatic rings. The molecular weight excluding hydrogens is 248 g/mol. The van der Waals surface area contributed by atoms with E-state index in [4.69, 9.17) is 5.11 Å². The molecule has 0 aliphatic heterocycles. The van der Waals surface area contributed by atoms with Gasteiger partial charge in [0, 0.05) is 11.8 Å². The minimum atomic E-state index is -2.58. The van der Waals surface area contributed by atoms with Crippen LogP contribution >= 0.6 is 11.3 Å². The van der Waals surface area contributed by atoms with Crippen molar-refractivity contribution < 1.29 is 18.7 Å². The summed E-state index contributed by atoms with van der Waals surface area (Å²) in [5, 5.41) is 9.26. The quantitative estimate of drug-likeness (QED) is 0.913. The van der Waals surface area contributed by atoms with Gasteiger partial charge in [-0.3, -0.25) is 0 Å². The number of carboxylic acid groups (broad SMARTS) is 1. The first-order valence-corrected chi connectivity index (χ1v) is 5.48. The zero-order chi connectivity index (χ0) is 12.4. The molecule has 1 aromatic heterocycles. The number of hydrogen-bond acceptors (Lipinski definition) is 3. The number of carbonyl (C=O) groups is 1. The van der Waals surface area contributed by atoms with Crippen molar-refractivity contribution in [2.45, 2.75) is 6.43 Å². The molecule has 1 heterocycles. The maximum absolute atomic E-state index is 12.4. The summed E-state index contributed by atoms with van der Waals surface area (Å²) in [6.45, 7) is 0. The number of halogens is 2. The Morgan fingerprint density at radius 1 is 1.35 bits per heavy atom. The topological polar surface area (TPSA) is 50.2 Å². The summed E-state index contributed by atoms with van der Waals surface area (Å²) < 4.78 is 24.8. The first-order chi connectivity index (χ1) is 8.09. The molecule has 0 aliphatic rings. The SMILES string of the molecule is O=C(O)c1ccccc1-c1ncc(C(F)F)s1. The predicted molar refractivity (Wildman–Crippen MR) is 59.5 cm³/mol. The molecule has 0 aliphatic carbocycles. The average Bonchev–Trinajstić information content (AvgIpc) is 2.78. The Kier molecular flexibility index (Phi) is 3.14. The average molecular weight is 255 g/mol. The number of rotatable bonds is 3. The molecule has 1 N–H and O–H groups in total. The van der Waals surface area contributed by atoms with Crippen molar-refractivity contribution >= 4 is 17.3 Å². The number of carboxylic acids is 1. The maximum Gasteiger partial charge on any atom is 0.336 e. The van der Waals surface area contributed by atoms with Crippen LogP contribution in [0.3, 0.4) is 0 Å².